The quantitative estimate of drug-likeness (QED) is 0.403. The highest BCUT2D eigenvalue weighted by atomic mass is 16.5. The minimum atomic E-state index is 0.138. The number of aryl methyl sites for hydroxylation is 2. The van der Waals surface area contributed by atoms with Crippen LogP contribution in [0.3, 0.4) is 0 Å². The van der Waals surface area contributed by atoms with Gasteiger partial charge in [-0.15, -0.1) is 0 Å². The van der Waals surface area contributed by atoms with Crippen molar-refractivity contribution < 1.29 is 18.4 Å². The summed E-state index contributed by atoms with van der Waals surface area (Å²) < 4.78 is 17.4. The minimum Gasteiger partial charge on any atom is -0.497 e. The van der Waals surface area contributed by atoms with Crippen molar-refractivity contribution in [2.45, 2.75) is 26.7 Å². The van der Waals surface area contributed by atoms with Gasteiger partial charge in [0.05, 0.1) is 12.7 Å². The van der Waals surface area contributed by atoms with E-state index in [0.29, 0.717) is 12.8 Å². The summed E-state index contributed by atoms with van der Waals surface area (Å²) in [5, 5.41) is 0.980. The van der Waals surface area contributed by atoms with Crippen molar-refractivity contribution in [3.05, 3.63) is 66.1 Å². The molecule has 0 radical (unpaired) electrons. The smallest absolute Gasteiger partial charge is 0.138 e. The van der Waals surface area contributed by atoms with Crippen LogP contribution in [0.5, 0.6) is 5.75 Å². The Bertz CT molecular complexity index is 1150. The molecule has 0 N–H and O–H groups in total. The minimum absolute atomic E-state index is 0.138. The molecule has 0 bridgehead atoms. The van der Waals surface area contributed by atoms with Crippen LogP contribution in [0.2, 0.25) is 0 Å². The second kappa shape index (κ2) is 7.39. The van der Waals surface area contributed by atoms with Gasteiger partial charge in [-0.05, 0) is 61.4 Å². The number of benzene rings is 2. The SMILES string of the molecule is COc1cccc(-c2ccc3oc(CCC(C)=O)c(-c4ccc(C)o4)c3c2)c1. The van der Waals surface area contributed by atoms with Gasteiger partial charge >= 0.3 is 0 Å². The van der Waals surface area contributed by atoms with E-state index in [0.717, 1.165) is 50.7 Å². The van der Waals surface area contributed by atoms with E-state index in [-0.39, 0.29) is 5.78 Å². The Kier molecular flexibility index (Phi) is 4.78. The van der Waals surface area contributed by atoms with Gasteiger partial charge in [-0.3, -0.25) is 0 Å². The Morgan fingerprint density at radius 3 is 2.54 bits per heavy atom. The number of furan rings is 2. The maximum absolute atomic E-state index is 11.5. The first kappa shape index (κ1) is 18.1. The fourth-order valence-electron chi connectivity index (χ4n) is 3.44. The van der Waals surface area contributed by atoms with Crippen molar-refractivity contribution in [1.29, 1.82) is 0 Å². The van der Waals surface area contributed by atoms with Crippen LogP contribution in [-0.4, -0.2) is 12.9 Å². The maximum atomic E-state index is 11.5. The fourth-order valence-corrected chi connectivity index (χ4v) is 3.44. The topological polar surface area (TPSA) is 52.6 Å². The third-order valence-corrected chi connectivity index (χ3v) is 4.85. The summed E-state index contributed by atoms with van der Waals surface area (Å²) in [4.78, 5) is 11.5. The van der Waals surface area contributed by atoms with E-state index >= 15 is 0 Å². The van der Waals surface area contributed by atoms with Gasteiger partial charge in [-0.25, -0.2) is 0 Å². The maximum Gasteiger partial charge on any atom is 0.138 e. The van der Waals surface area contributed by atoms with Gasteiger partial charge in [0.15, 0.2) is 0 Å². The molecule has 0 aliphatic carbocycles. The van der Waals surface area contributed by atoms with Crippen molar-refractivity contribution in [3.8, 4) is 28.2 Å². The van der Waals surface area contributed by atoms with E-state index in [2.05, 4.69) is 12.1 Å². The van der Waals surface area contributed by atoms with E-state index in [1.54, 1.807) is 14.0 Å². The number of ketones is 1. The summed E-state index contributed by atoms with van der Waals surface area (Å²) in [6.45, 7) is 3.52. The summed E-state index contributed by atoms with van der Waals surface area (Å²) in [5.74, 6) is 3.33. The van der Waals surface area contributed by atoms with E-state index in [1.165, 1.54) is 0 Å². The molecule has 4 rings (SSSR count). The van der Waals surface area contributed by atoms with Gasteiger partial charge in [0.25, 0.3) is 0 Å². The molecule has 0 saturated carbocycles. The first-order valence-corrected chi connectivity index (χ1v) is 9.31. The molecule has 4 aromatic rings. The predicted molar refractivity (Wildman–Crippen MR) is 110 cm³/mol. The number of rotatable bonds is 6. The van der Waals surface area contributed by atoms with Crippen LogP contribution in [0.4, 0.5) is 0 Å². The first-order chi connectivity index (χ1) is 13.5. The molecule has 4 heteroatoms. The molecule has 2 heterocycles. The van der Waals surface area contributed by atoms with Gasteiger partial charge in [0, 0.05) is 18.2 Å². The lowest BCUT2D eigenvalue weighted by Crippen LogP contribution is -1.94. The zero-order chi connectivity index (χ0) is 19.7. The number of hydrogen-bond donors (Lipinski definition) is 0. The van der Waals surface area contributed by atoms with E-state index < -0.39 is 0 Å². The molecule has 2 aromatic carbocycles. The van der Waals surface area contributed by atoms with Crippen LogP contribution in [-0.2, 0) is 11.2 Å². The zero-order valence-corrected chi connectivity index (χ0v) is 16.2. The van der Waals surface area contributed by atoms with Crippen molar-refractivity contribution >= 4 is 16.8 Å². The Balaban J connectivity index is 1.88. The molecule has 0 atom stereocenters. The Hall–Kier alpha value is -3.27. The van der Waals surface area contributed by atoms with Crippen LogP contribution in [0.1, 0.15) is 24.9 Å². The van der Waals surface area contributed by atoms with Crippen LogP contribution in [0.15, 0.2) is 63.4 Å². The van der Waals surface area contributed by atoms with Crippen molar-refractivity contribution in [1.82, 2.24) is 0 Å². The number of Topliss-reactive ketones (excluding diaryl/α,β-unsaturated/α-hetero) is 1. The summed E-state index contributed by atoms with van der Waals surface area (Å²) in [6, 6.07) is 18.0. The monoisotopic (exact) mass is 374 g/mol. The van der Waals surface area contributed by atoms with Gasteiger partial charge in [-0.2, -0.15) is 0 Å². The molecular weight excluding hydrogens is 352 g/mol. The van der Waals surface area contributed by atoms with Gasteiger partial charge < -0.3 is 18.4 Å². The van der Waals surface area contributed by atoms with Crippen molar-refractivity contribution in [2.24, 2.45) is 0 Å². The highest BCUT2D eigenvalue weighted by molar-refractivity contribution is 5.97. The standard InChI is InChI=1S/C24H22O4/c1-15(25)7-10-23-24(22-11-8-16(2)27-22)20-14-18(9-12-21(20)28-23)17-5-4-6-19(13-17)26-3/h4-6,8-9,11-14H,7,10H2,1-3H3. The van der Waals surface area contributed by atoms with Crippen LogP contribution in [0.25, 0.3) is 33.4 Å². The van der Waals surface area contributed by atoms with Crippen LogP contribution < -0.4 is 4.74 Å². The predicted octanol–water partition coefficient (Wildman–Crippen LogP) is 6.20. The Morgan fingerprint density at radius 2 is 1.82 bits per heavy atom. The molecule has 4 nitrogen and oxygen atoms in total. The zero-order valence-electron chi connectivity index (χ0n) is 16.2. The summed E-state index contributed by atoms with van der Waals surface area (Å²) in [7, 11) is 1.66. The Labute approximate surface area is 163 Å². The molecule has 2 aromatic heterocycles. The highest BCUT2D eigenvalue weighted by Crippen LogP contribution is 2.39. The number of ether oxygens (including phenoxy) is 1. The van der Waals surface area contributed by atoms with Crippen LogP contribution >= 0.6 is 0 Å². The summed E-state index contributed by atoms with van der Waals surface area (Å²) in [6.07, 6.45) is 0.989. The average molecular weight is 374 g/mol. The normalized spacial score (nSPS) is 11.1. The van der Waals surface area contributed by atoms with Gasteiger partial charge in [0.1, 0.15) is 34.4 Å². The molecule has 0 saturated heterocycles. The van der Waals surface area contributed by atoms with E-state index in [4.69, 9.17) is 13.6 Å². The third kappa shape index (κ3) is 3.46. The second-order valence-electron chi connectivity index (χ2n) is 6.96. The molecule has 0 fully saturated rings. The largest absolute Gasteiger partial charge is 0.497 e. The first-order valence-electron chi connectivity index (χ1n) is 9.31. The molecule has 0 aliphatic rings. The summed E-state index contributed by atoms with van der Waals surface area (Å²) >= 11 is 0. The molecule has 0 amide bonds. The van der Waals surface area contributed by atoms with E-state index in [1.807, 2.05) is 49.4 Å². The fraction of sp³-hybridized carbons (Fsp3) is 0.208. The number of carbonyl (C=O) groups excluding carboxylic acids is 1. The molecule has 0 unspecified atom stereocenters. The lowest BCUT2D eigenvalue weighted by molar-refractivity contribution is -0.117. The van der Waals surface area contributed by atoms with Gasteiger partial charge in [0.2, 0.25) is 0 Å². The van der Waals surface area contributed by atoms with Crippen molar-refractivity contribution in [3.63, 3.8) is 0 Å². The average Bonchev–Trinajstić information content (AvgIpc) is 3.28. The lowest BCUT2D eigenvalue weighted by atomic mass is 10.00. The Morgan fingerprint density at radius 1 is 1.00 bits per heavy atom. The summed E-state index contributed by atoms with van der Waals surface area (Å²) in [5.41, 5.74) is 3.84. The number of hydrogen-bond acceptors (Lipinski definition) is 4. The van der Waals surface area contributed by atoms with Crippen molar-refractivity contribution in [2.75, 3.05) is 7.11 Å². The second-order valence-corrected chi connectivity index (χ2v) is 6.96. The number of fused-ring (bicyclic) bond motifs is 1. The molecule has 0 aliphatic heterocycles. The molecular formula is C24H22O4. The van der Waals surface area contributed by atoms with E-state index in [9.17, 15) is 4.79 Å². The lowest BCUT2D eigenvalue weighted by Gasteiger charge is -2.05. The highest BCUT2D eigenvalue weighted by Gasteiger charge is 2.19. The molecule has 0 spiro atoms. The van der Waals surface area contributed by atoms with Crippen LogP contribution in [0, 0.1) is 6.92 Å². The number of methoxy groups -OCH3 is 1. The molecule has 142 valence electrons. The third-order valence-electron chi connectivity index (χ3n) is 4.85. The molecule has 28 heavy (non-hydrogen) atoms. The number of carbonyl (C=O) groups is 1. The van der Waals surface area contributed by atoms with Gasteiger partial charge in [-0.1, -0.05) is 18.2 Å².